The number of carbonyl (C=O) groups is 2. The van der Waals surface area contributed by atoms with Crippen LogP contribution in [0.15, 0.2) is 48.8 Å². The summed E-state index contributed by atoms with van der Waals surface area (Å²) in [7, 11) is 1.91. The first-order chi connectivity index (χ1) is 21.6. The number of ether oxygens (including phenoxy) is 2. The lowest BCUT2D eigenvalue weighted by molar-refractivity contribution is -0.134. The minimum atomic E-state index is -0.282. The van der Waals surface area contributed by atoms with E-state index in [9.17, 15) is 14.7 Å². The highest BCUT2D eigenvalue weighted by Gasteiger charge is 2.24. The maximum atomic E-state index is 13.4. The SMILES string of the molecule is CC(C)[C@@H](C)CC(C)N(CCNCCc1ccc(O)c2c1OCC(=O)N2)C(=O)CCOCCc1cccc(-c2cnn(C)c2)c1. The number of amides is 2. The largest absolute Gasteiger partial charge is 0.506 e. The molecule has 3 aromatic rings. The monoisotopic (exact) mass is 619 g/mol. The molecule has 45 heavy (non-hydrogen) atoms. The Labute approximate surface area is 267 Å². The number of rotatable bonds is 17. The molecule has 10 nitrogen and oxygen atoms in total. The zero-order chi connectivity index (χ0) is 32.3. The Hall–Kier alpha value is -3.89. The second-order valence-corrected chi connectivity index (χ2v) is 12.4. The topological polar surface area (TPSA) is 118 Å². The van der Waals surface area contributed by atoms with Crippen molar-refractivity contribution in [3.8, 4) is 22.6 Å². The Morgan fingerprint density at radius 2 is 1.96 bits per heavy atom. The molecule has 2 atom stereocenters. The van der Waals surface area contributed by atoms with Gasteiger partial charge in [-0.05, 0) is 67.3 Å². The highest BCUT2D eigenvalue weighted by atomic mass is 16.5. The summed E-state index contributed by atoms with van der Waals surface area (Å²) in [6.45, 7) is 11.6. The predicted octanol–water partition coefficient (Wildman–Crippen LogP) is 4.80. The number of anilines is 1. The van der Waals surface area contributed by atoms with Gasteiger partial charge in [0.15, 0.2) is 12.4 Å². The maximum Gasteiger partial charge on any atom is 0.262 e. The van der Waals surface area contributed by atoms with Gasteiger partial charge in [0.25, 0.3) is 5.91 Å². The zero-order valence-corrected chi connectivity index (χ0v) is 27.3. The van der Waals surface area contributed by atoms with Crippen LogP contribution >= 0.6 is 0 Å². The highest BCUT2D eigenvalue weighted by molar-refractivity contribution is 5.97. The summed E-state index contributed by atoms with van der Waals surface area (Å²) in [5, 5.41) is 20.5. The molecule has 0 saturated heterocycles. The van der Waals surface area contributed by atoms with Crippen LogP contribution in [0.25, 0.3) is 11.1 Å². The molecule has 1 unspecified atom stereocenters. The molecule has 2 aromatic carbocycles. The maximum absolute atomic E-state index is 13.4. The highest BCUT2D eigenvalue weighted by Crippen LogP contribution is 2.39. The first-order valence-electron chi connectivity index (χ1n) is 16.1. The molecule has 3 N–H and O–H groups in total. The Kier molecular flexibility index (Phi) is 12.4. The number of fused-ring (bicyclic) bond motifs is 1. The van der Waals surface area contributed by atoms with Crippen molar-refractivity contribution in [3.63, 3.8) is 0 Å². The summed E-state index contributed by atoms with van der Waals surface area (Å²) >= 11 is 0. The van der Waals surface area contributed by atoms with Crippen LogP contribution in [0.4, 0.5) is 5.69 Å². The van der Waals surface area contributed by atoms with Gasteiger partial charge < -0.3 is 30.1 Å². The smallest absolute Gasteiger partial charge is 0.262 e. The van der Waals surface area contributed by atoms with E-state index in [-0.39, 0.29) is 30.2 Å². The summed E-state index contributed by atoms with van der Waals surface area (Å²) < 4.78 is 13.3. The van der Waals surface area contributed by atoms with Gasteiger partial charge in [0.2, 0.25) is 5.91 Å². The van der Waals surface area contributed by atoms with Crippen LogP contribution in [0.5, 0.6) is 11.5 Å². The molecule has 4 rings (SSSR count). The molecule has 244 valence electrons. The van der Waals surface area contributed by atoms with Crippen LogP contribution in [-0.4, -0.2) is 77.1 Å². The molecular formula is C35H49N5O5. The fourth-order valence-electron chi connectivity index (χ4n) is 5.56. The van der Waals surface area contributed by atoms with Crippen molar-refractivity contribution >= 4 is 17.5 Å². The summed E-state index contributed by atoms with van der Waals surface area (Å²) in [6, 6.07) is 11.9. The Morgan fingerprint density at radius 1 is 1.13 bits per heavy atom. The van der Waals surface area contributed by atoms with Gasteiger partial charge in [0.1, 0.15) is 11.4 Å². The number of nitrogens with one attached hydrogen (secondary N) is 2. The number of benzene rings is 2. The van der Waals surface area contributed by atoms with Crippen molar-refractivity contribution in [1.82, 2.24) is 20.0 Å². The number of hydrogen-bond acceptors (Lipinski definition) is 7. The Balaban J connectivity index is 1.24. The third kappa shape index (κ3) is 9.80. The van der Waals surface area contributed by atoms with Gasteiger partial charge in [0.05, 0.1) is 25.8 Å². The lowest BCUT2D eigenvalue weighted by Crippen LogP contribution is -2.44. The standard InChI is InChI=1S/C35H49N5O5/c1-24(2)25(3)19-26(4)40(16-15-36-14-11-28-9-10-31(41)34-35(28)45-23-32(42)38-34)33(43)13-18-44-17-12-27-7-6-8-29(20-27)30-21-37-39(5)22-30/h6-10,20-22,24-26,36,41H,11-19,23H2,1-5H3,(H,38,42)/t25-,26?/m0/s1. The van der Waals surface area contributed by atoms with Crippen molar-refractivity contribution in [2.24, 2.45) is 18.9 Å². The van der Waals surface area contributed by atoms with Gasteiger partial charge in [0, 0.05) is 37.9 Å². The van der Waals surface area contributed by atoms with E-state index in [0.29, 0.717) is 69.0 Å². The van der Waals surface area contributed by atoms with Crippen LogP contribution in [0.1, 0.15) is 51.7 Å². The van der Waals surface area contributed by atoms with E-state index in [1.807, 2.05) is 30.4 Å². The molecule has 1 aliphatic rings. The molecule has 0 saturated carbocycles. The number of phenols is 1. The fourth-order valence-corrected chi connectivity index (χ4v) is 5.56. The number of carbonyl (C=O) groups excluding carboxylic acids is 2. The molecule has 0 spiro atoms. The van der Waals surface area contributed by atoms with Crippen molar-refractivity contribution in [2.75, 3.05) is 44.8 Å². The van der Waals surface area contributed by atoms with Crippen LogP contribution in [0.2, 0.25) is 0 Å². The number of nitrogens with zero attached hydrogens (tertiary/aromatic N) is 3. The molecule has 1 aliphatic heterocycles. The second kappa shape index (κ2) is 16.4. The number of aromatic nitrogens is 2. The summed E-state index contributed by atoms with van der Waals surface area (Å²) in [5.41, 5.74) is 4.65. The van der Waals surface area contributed by atoms with E-state index in [1.54, 1.807) is 10.7 Å². The summed E-state index contributed by atoms with van der Waals surface area (Å²) in [4.78, 5) is 27.1. The molecule has 2 amide bonds. The van der Waals surface area contributed by atoms with Gasteiger partial charge in [-0.3, -0.25) is 14.3 Å². The molecule has 0 fully saturated rings. The summed E-state index contributed by atoms with van der Waals surface area (Å²) in [5.74, 6) is 1.39. The molecular weight excluding hydrogens is 570 g/mol. The molecule has 0 aliphatic carbocycles. The average molecular weight is 620 g/mol. The number of aryl methyl sites for hydroxylation is 1. The van der Waals surface area contributed by atoms with Crippen LogP contribution < -0.4 is 15.4 Å². The lowest BCUT2D eigenvalue weighted by Gasteiger charge is -2.32. The summed E-state index contributed by atoms with van der Waals surface area (Å²) in [6.07, 6.45) is 6.60. The van der Waals surface area contributed by atoms with E-state index >= 15 is 0 Å². The first kappa shape index (κ1) is 34.0. The molecule has 0 radical (unpaired) electrons. The third-order valence-electron chi connectivity index (χ3n) is 8.59. The van der Waals surface area contributed by atoms with Crippen molar-refractivity contribution in [1.29, 1.82) is 0 Å². The molecule has 0 bridgehead atoms. The van der Waals surface area contributed by atoms with E-state index < -0.39 is 0 Å². The average Bonchev–Trinajstić information content (AvgIpc) is 3.46. The number of phenolic OH excluding ortho intramolecular Hbond substituents is 1. The Bertz CT molecular complexity index is 1420. The normalized spacial score (nSPS) is 14.0. The van der Waals surface area contributed by atoms with Gasteiger partial charge in [-0.1, -0.05) is 51.1 Å². The van der Waals surface area contributed by atoms with Crippen LogP contribution in [0, 0.1) is 11.8 Å². The number of aromatic hydroxyl groups is 1. The quantitative estimate of drug-likeness (QED) is 0.147. The van der Waals surface area contributed by atoms with E-state index in [2.05, 4.69) is 67.7 Å². The number of hydrogen-bond donors (Lipinski definition) is 3. The van der Waals surface area contributed by atoms with Crippen molar-refractivity contribution in [2.45, 2.75) is 59.4 Å². The van der Waals surface area contributed by atoms with Crippen LogP contribution in [-0.2, 0) is 34.2 Å². The van der Waals surface area contributed by atoms with Crippen LogP contribution in [0.3, 0.4) is 0 Å². The van der Waals surface area contributed by atoms with Crippen molar-refractivity contribution < 1.29 is 24.2 Å². The van der Waals surface area contributed by atoms with E-state index in [0.717, 1.165) is 29.5 Å². The van der Waals surface area contributed by atoms with Gasteiger partial charge in [-0.2, -0.15) is 5.10 Å². The van der Waals surface area contributed by atoms with Gasteiger partial charge in [-0.25, -0.2) is 0 Å². The predicted molar refractivity (Wildman–Crippen MR) is 176 cm³/mol. The second-order valence-electron chi connectivity index (χ2n) is 12.4. The van der Waals surface area contributed by atoms with Gasteiger partial charge in [-0.15, -0.1) is 0 Å². The van der Waals surface area contributed by atoms with E-state index in [4.69, 9.17) is 9.47 Å². The molecule has 1 aromatic heterocycles. The zero-order valence-electron chi connectivity index (χ0n) is 27.3. The molecule has 10 heteroatoms. The third-order valence-corrected chi connectivity index (χ3v) is 8.59. The van der Waals surface area contributed by atoms with Crippen molar-refractivity contribution in [3.05, 3.63) is 59.9 Å². The fraction of sp³-hybridized carbons (Fsp3) is 0.514. The first-order valence-corrected chi connectivity index (χ1v) is 16.1. The minimum Gasteiger partial charge on any atom is -0.506 e. The Morgan fingerprint density at radius 3 is 2.71 bits per heavy atom. The van der Waals surface area contributed by atoms with E-state index in [1.165, 1.54) is 5.56 Å². The minimum absolute atomic E-state index is 0.00691. The lowest BCUT2D eigenvalue weighted by atomic mass is 9.91. The van der Waals surface area contributed by atoms with Gasteiger partial charge >= 0.3 is 0 Å². The molecule has 2 heterocycles.